The number of aliphatic carboxylic acids is 1. The number of nitrogen functional groups attached to an aromatic ring is 1. The van der Waals surface area contributed by atoms with E-state index in [1.165, 1.54) is 12.1 Å². The first-order chi connectivity index (χ1) is 6.54. The van der Waals surface area contributed by atoms with Crippen molar-refractivity contribution in [2.75, 3.05) is 5.43 Å². The van der Waals surface area contributed by atoms with Crippen LogP contribution in [0.5, 0.6) is 0 Å². The number of aliphatic hydroxyl groups excluding tert-OH is 1. The third-order valence-electron chi connectivity index (χ3n) is 1.66. The standard InChI is InChI=1S/C8H10N2O3S/c9-10-5-1-4(2-6(14)3-5)7(11)8(12)13/h1-3,7,10-11,14H,9H2,(H,12,13). The zero-order valence-electron chi connectivity index (χ0n) is 7.14. The van der Waals surface area contributed by atoms with E-state index < -0.39 is 12.1 Å². The first-order valence-electron chi connectivity index (χ1n) is 3.76. The third kappa shape index (κ3) is 2.38. The minimum Gasteiger partial charge on any atom is -0.479 e. The molecular weight excluding hydrogens is 204 g/mol. The fourth-order valence-electron chi connectivity index (χ4n) is 1.02. The van der Waals surface area contributed by atoms with Gasteiger partial charge in [-0.25, -0.2) is 4.79 Å². The lowest BCUT2D eigenvalue weighted by atomic mass is 10.1. The maximum absolute atomic E-state index is 10.5. The summed E-state index contributed by atoms with van der Waals surface area (Å²) in [6.07, 6.45) is -1.56. The van der Waals surface area contributed by atoms with Gasteiger partial charge in [0.25, 0.3) is 0 Å². The number of aliphatic hydroxyl groups is 1. The van der Waals surface area contributed by atoms with Gasteiger partial charge in [-0.1, -0.05) is 0 Å². The highest BCUT2D eigenvalue weighted by molar-refractivity contribution is 7.80. The number of hydrazine groups is 1. The zero-order valence-corrected chi connectivity index (χ0v) is 8.03. The second kappa shape index (κ2) is 4.32. The highest BCUT2D eigenvalue weighted by atomic mass is 32.1. The van der Waals surface area contributed by atoms with Crippen molar-refractivity contribution in [3.8, 4) is 0 Å². The molecular formula is C8H10N2O3S. The topological polar surface area (TPSA) is 95.6 Å². The van der Waals surface area contributed by atoms with Gasteiger partial charge in [-0.05, 0) is 23.8 Å². The van der Waals surface area contributed by atoms with Crippen molar-refractivity contribution in [1.29, 1.82) is 0 Å². The fraction of sp³-hybridized carbons (Fsp3) is 0.125. The number of anilines is 1. The Balaban J connectivity index is 3.08. The summed E-state index contributed by atoms with van der Waals surface area (Å²) < 4.78 is 0. The van der Waals surface area contributed by atoms with Crippen LogP contribution < -0.4 is 11.3 Å². The van der Waals surface area contributed by atoms with Gasteiger partial charge in [0.05, 0.1) is 0 Å². The van der Waals surface area contributed by atoms with Gasteiger partial charge < -0.3 is 15.6 Å². The van der Waals surface area contributed by atoms with Crippen LogP contribution in [0.4, 0.5) is 5.69 Å². The minimum atomic E-state index is -1.56. The van der Waals surface area contributed by atoms with E-state index in [2.05, 4.69) is 18.1 Å². The second-order valence-corrected chi connectivity index (χ2v) is 3.21. The largest absolute Gasteiger partial charge is 0.479 e. The van der Waals surface area contributed by atoms with Gasteiger partial charge in [0.15, 0.2) is 6.10 Å². The van der Waals surface area contributed by atoms with E-state index in [0.29, 0.717) is 10.6 Å². The predicted molar refractivity (Wildman–Crippen MR) is 54.1 cm³/mol. The SMILES string of the molecule is NNc1cc(S)cc(C(O)C(=O)O)c1. The molecule has 1 aromatic carbocycles. The second-order valence-electron chi connectivity index (χ2n) is 2.70. The first-order valence-corrected chi connectivity index (χ1v) is 4.20. The molecule has 1 rings (SSSR count). The van der Waals surface area contributed by atoms with E-state index in [9.17, 15) is 9.90 Å². The molecule has 0 radical (unpaired) electrons. The van der Waals surface area contributed by atoms with Gasteiger partial charge in [0.1, 0.15) is 0 Å². The molecule has 0 aliphatic carbocycles. The highest BCUT2D eigenvalue weighted by Crippen LogP contribution is 2.22. The first kappa shape index (κ1) is 10.8. The van der Waals surface area contributed by atoms with Crippen molar-refractivity contribution in [2.24, 2.45) is 5.84 Å². The summed E-state index contributed by atoms with van der Waals surface area (Å²) in [6.45, 7) is 0. The molecule has 0 bridgehead atoms. The summed E-state index contributed by atoms with van der Waals surface area (Å²) in [6, 6.07) is 4.52. The molecule has 0 aromatic heterocycles. The van der Waals surface area contributed by atoms with Crippen LogP contribution in [0.2, 0.25) is 0 Å². The van der Waals surface area contributed by atoms with Crippen molar-refractivity contribution in [2.45, 2.75) is 11.0 Å². The van der Waals surface area contributed by atoms with Crippen molar-refractivity contribution in [3.63, 3.8) is 0 Å². The van der Waals surface area contributed by atoms with Crippen molar-refractivity contribution in [3.05, 3.63) is 23.8 Å². The van der Waals surface area contributed by atoms with Gasteiger partial charge in [-0.3, -0.25) is 5.84 Å². The summed E-state index contributed by atoms with van der Waals surface area (Å²) in [5, 5.41) is 17.8. The quantitative estimate of drug-likeness (QED) is 0.285. The normalized spacial score (nSPS) is 12.2. The number of hydrogen-bond acceptors (Lipinski definition) is 5. The average Bonchev–Trinajstić information content (AvgIpc) is 2.15. The van der Waals surface area contributed by atoms with Crippen LogP contribution in [0.3, 0.4) is 0 Å². The maximum Gasteiger partial charge on any atom is 0.337 e. The lowest BCUT2D eigenvalue weighted by Crippen LogP contribution is -2.12. The fourth-order valence-corrected chi connectivity index (χ4v) is 1.31. The van der Waals surface area contributed by atoms with Crippen molar-refractivity contribution in [1.82, 2.24) is 0 Å². The number of nitrogens with two attached hydrogens (primary N) is 1. The van der Waals surface area contributed by atoms with E-state index in [0.717, 1.165) is 0 Å². The molecule has 0 aliphatic rings. The Morgan fingerprint density at radius 2 is 2.14 bits per heavy atom. The highest BCUT2D eigenvalue weighted by Gasteiger charge is 2.16. The van der Waals surface area contributed by atoms with E-state index in [1.54, 1.807) is 6.07 Å². The number of carboxylic acid groups (broad SMARTS) is 1. The Hall–Kier alpha value is -1.24. The summed E-state index contributed by atoms with van der Waals surface area (Å²) in [7, 11) is 0. The van der Waals surface area contributed by atoms with Crippen LogP contribution >= 0.6 is 12.6 Å². The van der Waals surface area contributed by atoms with Gasteiger partial charge >= 0.3 is 5.97 Å². The van der Waals surface area contributed by atoms with Gasteiger partial charge in [0.2, 0.25) is 0 Å². The maximum atomic E-state index is 10.5. The molecule has 0 fully saturated rings. The number of hydrogen-bond donors (Lipinski definition) is 5. The van der Waals surface area contributed by atoms with Gasteiger partial charge in [-0.2, -0.15) is 0 Å². The number of carbonyl (C=O) groups is 1. The molecule has 0 spiro atoms. The molecule has 5 N–H and O–H groups in total. The molecule has 1 aromatic rings. The monoisotopic (exact) mass is 214 g/mol. The molecule has 76 valence electrons. The average molecular weight is 214 g/mol. The molecule has 0 amide bonds. The zero-order chi connectivity index (χ0) is 10.7. The van der Waals surface area contributed by atoms with Crippen molar-refractivity contribution >= 4 is 24.3 Å². The molecule has 0 aliphatic heterocycles. The molecule has 0 heterocycles. The molecule has 6 heteroatoms. The lowest BCUT2D eigenvalue weighted by Gasteiger charge is -2.09. The molecule has 1 atom stereocenters. The van der Waals surface area contributed by atoms with E-state index in [1.807, 2.05) is 0 Å². The van der Waals surface area contributed by atoms with Crippen LogP contribution in [-0.4, -0.2) is 16.2 Å². The summed E-state index contributed by atoms with van der Waals surface area (Å²) in [5.74, 6) is 3.84. The summed E-state index contributed by atoms with van der Waals surface area (Å²) >= 11 is 4.04. The number of carboxylic acids is 1. The van der Waals surface area contributed by atoms with E-state index in [4.69, 9.17) is 10.9 Å². The van der Waals surface area contributed by atoms with Crippen molar-refractivity contribution < 1.29 is 15.0 Å². The van der Waals surface area contributed by atoms with E-state index >= 15 is 0 Å². The number of nitrogens with one attached hydrogen (secondary N) is 1. The number of benzene rings is 1. The van der Waals surface area contributed by atoms with Gasteiger partial charge in [-0.15, -0.1) is 12.6 Å². The Morgan fingerprint density at radius 1 is 1.50 bits per heavy atom. The number of thiol groups is 1. The molecule has 1 unspecified atom stereocenters. The third-order valence-corrected chi connectivity index (χ3v) is 1.91. The van der Waals surface area contributed by atoms with Crippen LogP contribution in [0.25, 0.3) is 0 Å². The molecule has 0 saturated heterocycles. The lowest BCUT2D eigenvalue weighted by molar-refractivity contribution is -0.146. The minimum absolute atomic E-state index is 0.234. The summed E-state index contributed by atoms with van der Waals surface area (Å²) in [4.78, 5) is 11.0. The molecule has 14 heavy (non-hydrogen) atoms. The summed E-state index contributed by atoms with van der Waals surface area (Å²) in [5.41, 5.74) is 3.08. The van der Waals surface area contributed by atoms with Crippen LogP contribution in [0, 0.1) is 0 Å². The Kier molecular flexibility index (Phi) is 3.34. The van der Waals surface area contributed by atoms with Crippen LogP contribution in [0.15, 0.2) is 23.1 Å². The van der Waals surface area contributed by atoms with Crippen LogP contribution in [0.1, 0.15) is 11.7 Å². The van der Waals surface area contributed by atoms with Crippen LogP contribution in [-0.2, 0) is 4.79 Å². The Bertz CT molecular complexity index is 356. The Labute approximate surface area is 85.9 Å². The smallest absolute Gasteiger partial charge is 0.337 e. The molecule has 5 nitrogen and oxygen atoms in total. The predicted octanol–water partition coefficient (Wildman–Crippen LogP) is 0.379. The van der Waals surface area contributed by atoms with Gasteiger partial charge in [0, 0.05) is 10.6 Å². The number of rotatable bonds is 3. The Morgan fingerprint density at radius 3 is 2.64 bits per heavy atom. The molecule has 0 saturated carbocycles. The van der Waals surface area contributed by atoms with E-state index in [-0.39, 0.29) is 5.56 Å².